The molecule has 23 heavy (non-hydrogen) atoms. The van der Waals surface area contributed by atoms with E-state index >= 15 is 0 Å². The number of hydrogen-bond acceptors (Lipinski definition) is 4. The van der Waals surface area contributed by atoms with Gasteiger partial charge in [0, 0.05) is 6.07 Å². The molecular formula is C18H16O5. The fourth-order valence-electron chi connectivity index (χ4n) is 2.08. The van der Waals surface area contributed by atoms with Crippen LogP contribution in [0.2, 0.25) is 0 Å². The summed E-state index contributed by atoms with van der Waals surface area (Å²) >= 11 is 0. The maximum Gasteiger partial charge on any atom is 0.339 e. The summed E-state index contributed by atoms with van der Waals surface area (Å²) in [4.78, 5) is 23.7. The number of carbonyl (C=O) groups is 2. The van der Waals surface area contributed by atoms with Crippen LogP contribution in [-0.2, 0) is 0 Å². The van der Waals surface area contributed by atoms with Crippen molar-refractivity contribution in [2.45, 2.75) is 0 Å². The number of ether oxygens (including phenoxy) is 2. The molecule has 0 bridgehead atoms. The number of allylic oxidation sites excluding steroid dienone is 1. The summed E-state index contributed by atoms with van der Waals surface area (Å²) in [6.07, 6.45) is 3.04. The molecule has 0 aliphatic rings. The molecule has 0 radical (unpaired) electrons. The van der Waals surface area contributed by atoms with Gasteiger partial charge in [0.15, 0.2) is 5.78 Å². The number of hydrogen-bond donors (Lipinski definition) is 1. The Balaban J connectivity index is 2.41. The first-order valence-electron chi connectivity index (χ1n) is 6.83. The Labute approximate surface area is 133 Å². The topological polar surface area (TPSA) is 72.8 Å². The number of methoxy groups -OCH3 is 2. The van der Waals surface area contributed by atoms with Gasteiger partial charge in [-0.2, -0.15) is 0 Å². The molecule has 1 N–H and O–H groups in total. The molecule has 0 aliphatic carbocycles. The third kappa shape index (κ3) is 3.77. The van der Waals surface area contributed by atoms with Crippen molar-refractivity contribution in [3.8, 4) is 11.5 Å². The van der Waals surface area contributed by atoms with Crippen LogP contribution in [0.15, 0.2) is 48.5 Å². The van der Waals surface area contributed by atoms with E-state index in [1.165, 1.54) is 32.4 Å². The number of ketones is 1. The number of benzene rings is 2. The van der Waals surface area contributed by atoms with E-state index in [-0.39, 0.29) is 28.4 Å². The molecular weight excluding hydrogens is 296 g/mol. The van der Waals surface area contributed by atoms with E-state index in [1.807, 2.05) is 30.3 Å². The smallest absolute Gasteiger partial charge is 0.339 e. The van der Waals surface area contributed by atoms with Gasteiger partial charge in [-0.1, -0.05) is 36.4 Å². The number of carbonyl (C=O) groups excluding carboxylic acids is 1. The SMILES string of the molecule is COc1cc(OC)c(C(=O)/C=C/c2ccccc2)cc1C(=O)O. The maximum absolute atomic E-state index is 12.4. The fraction of sp³-hybridized carbons (Fsp3) is 0.111. The summed E-state index contributed by atoms with van der Waals surface area (Å²) in [5, 5.41) is 9.22. The molecule has 0 fully saturated rings. The molecule has 0 heterocycles. The predicted molar refractivity (Wildman–Crippen MR) is 86.3 cm³/mol. The largest absolute Gasteiger partial charge is 0.496 e. The fourth-order valence-corrected chi connectivity index (χ4v) is 2.08. The highest BCUT2D eigenvalue weighted by atomic mass is 16.5. The molecule has 0 saturated carbocycles. The molecule has 0 aliphatic heterocycles. The summed E-state index contributed by atoms with van der Waals surface area (Å²) in [6.45, 7) is 0. The van der Waals surface area contributed by atoms with E-state index in [9.17, 15) is 14.7 Å². The minimum absolute atomic E-state index is 0.0928. The number of aromatic carboxylic acids is 1. The second kappa shape index (κ2) is 7.26. The van der Waals surface area contributed by atoms with Crippen molar-refractivity contribution in [3.63, 3.8) is 0 Å². The van der Waals surface area contributed by atoms with Crippen molar-refractivity contribution in [2.24, 2.45) is 0 Å². The average molecular weight is 312 g/mol. The van der Waals surface area contributed by atoms with Gasteiger partial charge in [0.25, 0.3) is 0 Å². The lowest BCUT2D eigenvalue weighted by Crippen LogP contribution is -2.06. The van der Waals surface area contributed by atoms with E-state index in [2.05, 4.69) is 0 Å². The van der Waals surface area contributed by atoms with Crippen molar-refractivity contribution < 1.29 is 24.2 Å². The van der Waals surface area contributed by atoms with Gasteiger partial charge < -0.3 is 14.6 Å². The first-order valence-corrected chi connectivity index (χ1v) is 6.83. The Morgan fingerprint density at radius 1 is 0.957 bits per heavy atom. The molecule has 0 aromatic heterocycles. The predicted octanol–water partition coefficient (Wildman–Crippen LogP) is 3.30. The molecule has 5 nitrogen and oxygen atoms in total. The van der Waals surface area contributed by atoms with Crippen LogP contribution in [0, 0.1) is 0 Å². The van der Waals surface area contributed by atoms with Gasteiger partial charge in [0.2, 0.25) is 0 Å². The Kier molecular flexibility index (Phi) is 5.15. The normalized spacial score (nSPS) is 10.5. The summed E-state index contributed by atoms with van der Waals surface area (Å²) in [6, 6.07) is 12.0. The molecule has 0 saturated heterocycles. The van der Waals surface area contributed by atoms with Crippen molar-refractivity contribution in [3.05, 3.63) is 65.2 Å². The Bertz CT molecular complexity index is 748. The first-order chi connectivity index (χ1) is 11.1. The second-order valence-electron chi connectivity index (χ2n) is 4.67. The van der Waals surface area contributed by atoms with Gasteiger partial charge >= 0.3 is 5.97 Å². The molecule has 0 unspecified atom stereocenters. The lowest BCUT2D eigenvalue weighted by molar-refractivity contribution is 0.0693. The number of carboxylic acids is 1. The molecule has 2 rings (SSSR count). The van der Waals surface area contributed by atoms with Crippen molar-refractivity contribution in [1.82, 2.24) is 0 Å². The van der Waals surface area contributed by atoms with Crippen LogP contribution in [0.1, 0.15) is 26.3 Å². The lowest BCUT2D eigenvalue weighted by Gasteiger charge is -2.11. The highest BCUT2D eigenvalue weighted by molar-refractivity contribution is 6.10. The van der Waals surface area contributed by atoms with Gasteiger partial charge in [-0.25, -0.2) is 4.79 Å². The Morgan fingerprint density at radius 2 is 1.57 bits per heavy atom. The van der Waals surface area contributed by atoms with Crippen molar-refractivity contribution in [1.29, 1.82) is 0 Å². The van der Waals surface area contributed by atoms with Crippen LogP contribution < -0.4 is 9.47 Å². The van der Waals surface area contributed by atoms with Crippen molar-refractivity contribution in [2.75, 3.05) is 14.2 Å². The van der Waals surface area contributed by atoms with Crippen LogP contribution in [0.5, 0.6) is 11.5 Å². The third-order valence-corrected chi connectivity index (χ3v) is 3.24. The minimum Gasteiger partial charge on any atom is -0.496 e. The number of rotatable bonds is 6. The monoisotopic (exact) mass is 312 g/mol. The third-order valence-electron chi connectivity index (χ3n) is 3.24. The molecule has 0 atom stereocenters. The van der Waals surface area contributed by atoms with Gasteiger partial charge in [-0.05, 0) is 17.7 Å². The number of carboxylic acid groups (broad SMARTS) is 1. The highest BCUT2D eigenvalue weighted by Crippen LogP contribution is 2.29. The standard InChI is InChI=1S/C18H16O5/c1-22-16-11-17(23-2)14(18(20)21)10-13(16)15(19)9-8-12-6-4-3-5-7-12/h3-11H,1-2H3,(H,20,21)/b9-8+. The van der Waals surface area contributed by atoms with Crippen LogP contribution in [-0.4, -0.2) is 31.1 Å². The second-order valence-corrected chi connectivity index (χ2v) is 4.67. The zero-order valence-corrected chi connectivity index (χ0v) is 12.8. The van der Waals surface area contributed by atoms with E-state index in [1.54, 1.807) is 6.08 Å². The molecule has 2 aromatic rings. The molecule has 0 spiro atoms. The first kappa shape index (κ1) is 16.3. The average Bonchev–Trinajstić information content (AvgIpc) is 2.59. The van der Waals surface area contributed by atoms with Gasteiger partial charge in [-0.15, -0.1) is 0 Å². The summed E-state index contributed by atoms with van der Waals surface area (Å²) in [5.41, 5.74) is 0.939. The van der Waals surface area contributed by atoms with E-state index in [4.69, 9.17) is 9.47 Å². The zero-order chi connectivity index (χ0) is 16.8. The van der Waals surface area contributed by atoms with Crippen molar-refractivity contribution >= 4 is 17.8 Å². The zero-order valence-electron chi connectivity index (χ0n) is 12.8. The van der Waals surface area contributed by atoms with E-state index < -0.39 is 5.97 Å². The van der Waals surface area contributed by atoms with Gasteiger partial charge in [0.1, 0.15) is 17.1 Å². The molecule has 0 amide bonds. The quantitative estimate of drug-likeness (QED) is 0.654. The molecule has 118 valence electrons. The minimum atomic E-state index is -1.18. The summed E-state index contributed by atoms with van der Waals surface area (Å²) in [5.74, 6) is -1.13. The van der Waals surface area contributed by atoms with E-state index in [0.29, 0.717) is 0 Å². The Hall–Kier alpha value is -3.08. The van der Waals surface area contributed by atoms with Gasteiger partial charge in [-0.3, -0.25) is 4.79 Å². The highest BCUT2D eigenvalue weighted by Gasteiger charge is 2.19. The lowest BCUT2D eigenvalue weighted by atomic mass is 10.0. The Morgan fingerprint density at radius 3 is 2.13 bits per heavy atom. The van der Waals surface area contributed by atoms with Crippen LogP contribution in [0.25, 0.3) is 6.08 Å². The van der Waals surface area contributed by atoms with Gasteiger partial charge in [0.05, 0.1) is 19.8 Å². The summed E-state index contributed by atoms with van der Waals surface area (Å²) < 4.78 is 10.2. The van der Waals surface area contributed by atoms with E-state index in [0.717, 1.165) is 5.56 Å². The maximum atomic E-state index is 12.4. The van der Waals surface area contributed by atoms with Crippen LogP contribution >= 0.6 is 0 Å². The molecule has 5 heteroatoms. The van der Waals surface area contributed by atoms with Crippen LogP contribution in [0.3, 0.4) is 0 Å². The summed E-state index contributed by atoms with van der Waals surface area (Å²) in [7, 11) is 2.77. The van der Waals surface area contributed by atoms with Crippen LogP contribution in [0.4, 0.5) is 0 Å². The molecule has 2 aromatic carbocycles.